The molecule has 0 radical (unpaired) electrons. The summed E-state index contributed by atoms with van der Waals surface area (Å²) in [6, 6.07) is 2.89. The van der Waals surface area contributed by atoms with E-state index in [4.69, 9.17) is 11.6 Å². The van der Waals surface area contributed by atoms with Crippen molar-refractivity contribution in [2.75, 3.05) is 13.0 Å². The van der Waals surface area contributed by atoms with E-state index < -0.39 is 18.2 Å². The predicted octanol–water partition coefficient (Wildman–Crippen LogP) is 0.501. The Labute approximate surface area is 97.6 Å². The van der Waals surface area contributed by atoms with Crippen LogP contribution >= 0.6 is 11.6 Å². The van der Waals surface area contributed by atoms with Gasteiger partial charge in [-0.3, -0.25) is 0 Å². The molecule has 0 saturated heterocycles. The lowest BCUT2D eigenvalue weighted by molar-refractivity contribution is 0.0324. The van der Waals surface area contributed by atoms with Gasteiger partial charge < -0.3 is 14.9 Å². The van der Waals surface area contributed by atoms with Gasteiger partial charge in [0.05, 0.1) is 19.1 Å². The Kier molecular flexibility index (Phi) is 4.67. The maximum Gasteiger partial charge on any atom is 0.356 e. The number of hydrogen-bond acceptors (Lipinski definition) is 5. The Balaban J connectivity index is 2.82. The van der Waals surface area contributed by atoms with Crippen molar-refractivity contribution in [3.8, 4) is 0 Å². The van der Waals surface area contributed by atoms with Crippen molar-refractivity contribution in [1.29, 1.82) is 0 Å². The summed E-state index contributed by atoms with van der Waals surface area (Å²) in [5.74, 6) is -0.640. The summed E-state index contributed by atoms with van der Waals surface area (Å²) in [6.45, 7) is 0. The maximum atomic E-state index is 11.1. The number of alkyl halides is 1. The number of hydrogen-bond donors (Lipinski definition) is 2. The maximum absolute atomic E-state index is 11.1. The number of aromatic nitrogens is 1. The minimum absolute atomic E-state index is 0.0834. The van der Waals surface area contributed by atoms with Crippen LogP contribution in [0, 0.1) is 0 Å². The minimum Gasteiger partial charge on any atom is -0.464 e. The third-order valence-corrected chi connectivity index (χ3v) is 2.36. The summed E-state index contributed by atoms with van der Waals surface area (Å²) in [4.78, 5) is 14.9. The van der Waals surface area contributed by atoms with Gasteiger partial charge in [0.2, 0.25) is 0 Å². The van der Waals surface area contributed by atoms with Gasteiger partial charge in [-0.2, -0.15) is 0 Å². The molecule has 0 aliphatic heterocycles. The van der Waals surface area contributed by atoms with Crippen molar-refractivity contribution >= 4 is 17.6 Å². The number of pyridine rings is 1. The van der Waals surface area contributed by atoms with Crippen molar-refractivity contribution < 1.29 is 19.7 Å². The number of carbonyl (C=O) groups is 1. The molecule has 0 spiro atoms. The highest BCUT2D eigenvalue weighted by molar-refractivity contribution is 6.18. The van der Waals surface area contributed by atoms with Crippen LogP contribution in [0.2, 0.25) is 0 Å². The van der Waals surface area contributed by atoms with E-state index in [-0.39, 0.29) is 11.6 Å². The summed E-state index contributed by atoms with van der Waals surface area (Å²) in [7, 11) is 1.25. The quantitative estimate of drug-likeness (QED) is 0.597. The van der Waals surface area contributed by atoms with Gasteiger partial charge in [-0.05, 0) is 6.07 Å². The van der Waals surface area contributed by atoms with E-state index in [0.717, 1.165) is 0 Å². The molecule has 0 saturated carbocycles. The largest absolute Gasteiger partial charge is 0.464 e. The molecule has 0 bridgehead atoms. The normalized spacial score (nSPS) is 14.2. The van der Waals surface area contributed by atoms with E-state index in [2.05, 4.69) is 9.72 Å². The molecule has 5 nitrogen and oxygen atoms in total. The van der Waals surface area contributed by atoms with Crippen molar-refractivity contribution in [2.45, 2.75) is 12.2 Å². The monoisotopic (exact) mass is 245 g/mol. The second-order valence-corrected chi connectivity index (χ2v) is 3.44. The number of esters is 1. The highest BCUT2D eigenvalue weighted by atomic mass is 35.5. The van der Waals surface area contributed by atoms with Gasteiger partial charge in [0.25, 0.3) is 0 Å². The van der Waals surface area contributed by atoms with E-state index >= 15 is 0 Å². The molecule has 88 valence electrons. The molecule has 0 aliphatic carbocycles. The fourth-order valence-electron chi connectivity index (χ4n) is 1.11. The van der Waals surface area contributed by atoms with Crippen LogP contribution in [-0.2, 0) is 4.74 Å². The van der Waals surface area contributed by atoms with Crippen molar-refractivity contribution in [2.24, 2.45) is 0 Å². The molecule has 6 heteroatoms. The third kappa shape index (κ3) is 2.91. The van der Waals surface area contributed by atoms with Crippen LogP contribution in [0.4, 0.5) is 0 Å². The summed E-state index contributed by atoms with van der Waals surface area (Å²) in [5.41, 5.74) is 0.527. The van der Waals surface area contributed by atoms with Crippen LogP contribution in [0.5, 0.6) is 0 Å². The van der Waals surface area contributed by atoms with Crippen LogP contribution < -0.4 is 0 Å². The van der Waals surface area contributed by atoms with Gasteiger partial charge in [0, 0.05) is 11.8 Å². The number of halogens is 1. The Bertz CT molecular complexity index is 354. The molecule has 2 unspecified atom stereocenters. The molecule has 1 aromatic rings. The van der Waals surface area contributed by atoms with Gasteiger partial charge in [0.1, 0.15) is 11.8 Å². The van der Waals surface area contributed by atoms with Crippen LogP contribution in [0.25, 0.3) is 0 Å². The number of aliphatic hydroxyl groups is 2. The number of carbonyl (C=O) groups excluding carboxylic acids is 1. The molecular formula is C10H12ClNO4. The van der Waals surface area contributed by atoms with Gasteiger partial charge in [-0.25, -0.2) is 9.78 Å². The van der Waals surface area contributed by atoms with Gasteiger partial charge in [-0.15, -0.1) is 11.6 Å². The molecule has 2 atom stereocenters. The van der Waals surface area contributed by atoms with Crippen LogP contribution in [0.1, 0.15) is 22.2 Å². The summed E-state index contributed by atoms with van der Waals surface area (Å²) in [5, 5.41) is 18.9. The average Bonchev–Trinajstić information content (AvgIpc) is 2.36. The molecule has 1 rings (SSSR count). The van der Waals surface area contributed by atoms with Gasteiger partial charge >= 0.3 is 5.97 Å². The number of ether oxygens (including phenoxy) is 1. The molecule has 1 aromatic heterocycles. The minimum atomic E-state index is -1.11. The first kappa shape index (κ1) is 12.9. The molecule has 2 N–H and O–H groups in total. The van der Waals surface area contributed by atoms with E-state index in [0.29, 0.717) is 5.56 Å². The fourth-order valence-corrected chi connectivity index (χ4v) is 1.28. The smallest absolute Gasteiger partial charge is 0.356 e. The van der Waals surface area contributed by atoms with Crippen molar-refractivity contribution in [3.63, 3.8) is 0 Å². The number of nitrogens with zero attached hydrogens (tertiary/aromatic N) is 1. The molecular weight excluding hydrogens is 234 g/mol. The first-order valence-electron chi connectivity index (χ1n) is 4.56. The lowest BCUT2D eigenvalue weighted by Gasteiger charge is -2.15. The predicted molar refractivity (Wildman–Crippen MR) is 57.3 cm³/mol. The summed E-state index contributed by atoms with van der Waals surface area (Å²) in [6.07, 6.45) is -0.878. The van der Waals surface area contributed by atoms with Gasteiger partial charge in [-0.1, -0.05) is 6.07 Å². The second kappa shape index (κ2) is 5.79. The molecule has 1 heterocycles. The molecule has 16 heavy (non-hydrogen) atoms. The molecule has 0 aliphatic rings. The number of rotatable bonds is 4. The first-order valence-corrected chi connectivity index (χ1v) is 5.10. The van der Waals surface area contributed by atoms with Crippen LogP contribution in [0.3, 0.4) is 0 Å². The topological polar surface area (TPSA) is 79.7 Å². The van der Waals surface area contributed by atoms with Crippen molar-refractivity contribution in [1.82, 2.24) is 4.98 Å². The molecule has 0 fully saturated rings. The lowest BCUT2D eigenvalue weighted by atomic mass is 10.1. The number of methoxy groups -OCH3 is 1. The summed E-state index contributed by atoms with van der Waals surface area (Å²) < 4.78 is 4.47. The van der Waals surface area contributed by atoms with Crippen LogP contribution in [0.15, 0.2) is 18.3 Å². The standard InChI is InChI=1S/C10H12ClNO4/c1-16-10(15)7-3-2-6(5-12-7)9(14)8(13)4-11/h2-3,5,8-9,13-14H,4H2,1H3. The Morgan fingerprint density at radius 2 is 2.25 bits per heavy atom. The Morgan fingerprint density at radius 3 is 2.69 bits per heavy atom. The highest BCUT2D eigenvalue weighted by Crippen LogP contribution is 2.17. The zero-order valence-corrected chi connectivity index (χ0v) is 9.39. The van der Waals surface area contributed by atoms with E-state index in [1.54, 1.807) is 0 Å². The second-order valence-electron chi connectivity index (χ2n) is 3.13. The van der Waals surface area contributed by atoms with Crippen molar-refractivity contribution in [3.05, 3.63) is 29.6 Å². The highest BCUT2D eigenvalue weighted by Gasteiger charge is 2.18. The van der Waals surface area contributed by atoms with E-state index in [9.17, 15) is 15.0 Å². The van der Waals surface area contributed by atoms with E-state index in [1.165, 1.54) is 25.4 Å². The third-order valence-electron chi connectivity index (χ3n) is 2.04. The van der Waals surface area contributed by atoms with E-state index in [1.807, 2.05) is 0 Å². The SMILES string of the molecule is COC(=O)c1ccc(C(O)C(O)CCl)cn1. The molecule has 0 aromatic carbocycles. The Hall–Kier alpha value is -1.17. The summed E-state index contributed by atoms with van der Waals surface area (Å²) >= 11 is 5.40. The Morgan fingerprint density at radius 1 is 1.56 bits per heavy atom. The average molecular weight is 246 g/mol. The lowest BCUT2D eigenvalue weighted by Crippen LogP contribution is -2.20. The zero-order chi connectivity index (χ0) is 12.1. The van der Waals surface area contributed by atoms with Crippen LogP contribution in [-0.4, -0.2) is 40.3 Å². The fraction of sp³-hybridized carbons (Fsp3) is 0.400. The number of aliphatic hydroxyl groups excluding tert-OH is 2. The first-order chi connectivity index (χ1) is 7.60. The van der Waals surface area contributed by atoms with Gasteiger partial charge in [0.15, 0.2) is 0 Å². The zero-order valence-electron chi connectivity index (χ0n) is 8.63. The molecule has 0 amide bonds.